The Bertz CT molecular complexity index is 778. The van der Waals surface area contributed by atoms with Crippen LogP contribution in [0.15, 0.2) is 48.5 Å². The van der Waals surface area contributed by atoms with Gasteiger partial charge in [0.15, 0.2) is 0 Å². The summed E-state index contributed by atoms with van der Waals surface area (Å²) in [6.07, 6.45) is 1.02. The molecule has 1 atom stereocenters. The molecule has 0 aliphatic heterocycles. The number of amides is 2. The predicted molar refractivity (Wildman–Crippen MR) is 110 cm³/mol. The second kappa shape index (κ2) is 10.3. The fourth-order valence-electron chi connectivity index (χ4n) is 2.69. The largest absolute Gasteiger partial charge is 0.354 e. The Morgan fingerprint density at radius 1 is 1.04 bits per heavy atom. The third kappa shape index (κ3) is 6.56. The minimum Gasteiger partial charge on any atom is -0.354 e. The first-order valence-electron chi connectivity index (χ1n) is 8.96. The van der Waals surface area contributed by atoms with Gasteiger partial charge < -0.3 is 10.2 Å². The van der Waals surface area contributed by atoms with E-state index in [-0.39, 0.29) is 18.2 Å². The van der Waals surface area contributed by atoms with Crippen molar-refractivity contribution in [3.05, 3.63) is 69.7 Å². The molecule has 6 heteroatoms. The van der Waals surface area contributed by atoms with Crippen LogP contribution in [0.5, 0.6) is 0 Å². The number of rotatable bonds is 8. The average Bonchev–Trinajstić information content (AvgIpc) is 2.65. The quantitative estimate of drug-likeness (QED) is 0.702. The van der Waals surface area contributed by atoms with Gasteiger partial charge in [-0.1, -0.05) is 54.4 Å². The lowest BCUT2D eigenvalue weighted by Gasteiger charge is -2.29. The van der Waals surface area contributed by atoms with Gasteiger partial charge in [-0.05, 0) is 48.7 Å². The van der Waals surface area contributed by atoms with E-state index in [1.807, 2.05) is 31.2 Å². The molecule has 0 heterocycles. The van der Waals surface area contributed by atoms with E-state index in [1.165, 1.54) is 0 Å². The number of benzene rings is 2. The average molecular weight is 407 g/mol. The summed E-state index contributed by atoms with van der Waals surface area (Å²) in [5.74, 6) is -0.295. The summed E-state index contributed by atoms with van der Waals surface area (Å²) >= 11 is 12.0. The molecule has 2 amide bonds. The molecular formula is C21H24Cl2N2O2. The van der Waals surface area contributed by atoms with E-state index < -0.39 is 6.04 Å². The van der Waals surface area contributed by atoms with E-state index in [4.69, 9.17) is 23.2 Å². The van der Waals surface area contributed by atoms with Crippen molar-refractivity contribution in [3.63, 3.8) is 0 Å². The summed E-state index contributed by atoms with van der Waals surface area (Å²) in [7, 11) is 0. The summed E-state index contributed by atoms with van der Waals surface area (Å²) < 4.78 is 0. The Morgan fingerprint density at radius 3 is 2.37 bits per heavy atom. The highest BCUT2D eigenvalue weighted by Crippen LogP contribution is 2.16. The number of nitrogens with zero attached hydrogens (tertiary/aromatic N) is 1. The molecule has 2 aromatic carbocycles. The Labute approximate surface area is 170 Å². The number of carbonyl (C=O) groups is 2. The lowest BCUT2D eigenvalue weighted by Crippen LogP contribution is -2.48. The topological polar surface area (TPSA) is 49.4 Å². The van der Waals surface area contributed by atoms with Gasteiger partial charge in [-0.3, -0.25) is 9.59 Å². The molecule has 0 aliphatic rings. The Kier molecular flexibility index (Phi) is 8.14. The molecule has 4 nitrogen and oxygen atoms in total. The molecule has 0 unspecified atom stereocenters. The van der Waals surface area contributed by atoms with Crippen LogP contribution in [0.4, 0.5) is 0 Å². The minimum atomic E-state index is -0.584. The van der Waals surface area contributed by atoms with Gasteiger partial charge in [-0.15, -0.1) is 0 Å². The van der Waals surface area contributed by atoms with E-state index in [0.717, 1.165) is 17.5 Å². The second-order valence-corrected chi connectivity index (χ2v) is 7.29. The van der Waals surface area contributed by atoms with Crippen molar-refractivity contribution >= 4 is 35.0 Å². The molecule has 0 saturated heterocycles. The number of halogens is 2. The first-order valence-corrected chi connectivity index (χ1v) is 9.72. The summed E-state index contributed by atoms with van der Waals surface area (Å²) in [6, 6.07) is 13.9. The van der Waals surface area contributed by atoms with Crippen LogP contribution < -0.4 is 5.32 Å². The molecule has 0 radical (unpaired) electrons. The van der Waals surface area contributed by atoms with Crippen LogP contribution in [0.25, 0.3) is 0 Å². The zero-order chi connectivity index (χ0) is 19.8. The third-order valence-corrected chi connectivity index (χ3v) is 4.71. The molecular weight excluding hydrogens is 383 g/mol. The Balaban J connectivity index is 2.20. The van der Waals surface area contributed by atoms with Crippen LogP contribution in [0.3, 0.4) is 0 Å². The predicted octanol–water partition coefficient (Wildman–Crippen LogP) is 4.48. The minimum absolute atomic E-state index is 0.133. The maximum atomic E-state index is 13.0. The van der Waals surface area contributed by atoms with Crippen molar-refractivity contribution in [2.45, 2.75) is 39.3 Å². The normalized spacial score (nSPS) is 11.7. The van der Waals surface area contributed by atoms with Crippen LogP contribution in [0, 0.1) is 0 Å². The van der Waals surface area contributed by atoms with Gasteiger partial charge in [0.25, 0.3) is 0 Å². The Morgan fingerprint density at radius 2 is 1.74 bits per heavy atom. The monoisotopic (exact) mass is 406 g/mol. The standard InChI is InChI=1S/C21H24Cl2N2O2/c1-3-11-24-21(27)15(2)25(14-16-7-9-18(22)10-8-16)20(26)13-17-5-4-6-19(23)12-17/h4-10,12,15H,3,11,13-14H2,1-2H3,(H,24,27)/t15-/m1/s1. The fourth-order valence-corrected chi connectivity index (χ4v) is 3.03. The highest BCUT2D eigenvalue weighted by molar-refractivity contribution is 6.30. The molecule has 2 rings (SSSR count). The zero-order valence-electron chi connectivity index (χ0n) is 15.5. The molecule has 0 aliphatic carbocycles. The zero-order valence-corrected chi connectivity index (χ0v) is 17.1. The van der Waals surface area contributed by atoms with E-state index in [1.54, 1.807) is 36.1 Å². The molecule has 2 aromatic rings. The van der Waals surface area contributed by atoms with Crippen molar-refractivity contribution in [3.8, 4) is 0 Å². The lowest BCUT2D eigenvalue weighted by atomic mass is 10.1. The van der Waals surface area contributed by atoms with Crippen LogP contribution >= 0.6 is 23.2 Å². The number of hydrogen-bond acceptors (Lipinski definition) is 2. The Hall–Kier alpha value is -2.04. The lowest BCUT2D eigenvalue weighted by molar-refractivity contribution is -0.140. The van der Waals surface area contributed by atoms with Crippen LogP contribution in [-0.2, 0) is 22.6 Å². The molecule has 0 spiro atoms. The second-order valence-electron chi connectivity index (χ2n) is 6.42. The van der Waals surface area contributed by atoms with Gasteiger partial charge in [0.1, 0.15) is 6.04 Å². The van der Waals surface area contributed by atoms with Crippen molar-refractivity contribution in [2.24, 2.45) is 0 Å². The van der Waals surface area contributed by atoms with Crippen molar-refractivity contribution in [1.82, 2.24) is 10.2 Å². The van der Waals surface area contributed by atoms with Crippen LogP contribution in [-0.4, -0.2) is 29.3 Å². The molecule has 1 N–H and O–H groups in total. The molecule has 144 valence electrons. The highest BCUT2D eigenvalue weighted by atomic mass is 35.5. The maximum absolute atomic E-state index is 13.0. The first-order chi connectivity index (χ1) is 12.9. The van der Waals surface area contributed by atoms with Gasteiger partial charge in [0, 0.05) is 23.1 Å². The van der Waals surface area contributed by atoms with Gasteiger partial charge in [0.05, 0.1) is 6.42 Å². The van der Waals surface area contributed by atoms with Crippen molar-refractivity contribution in [2.75, 3.05) is 6.54 Å². The van der Waals surface area contributed by atoms with Gasteiger partial charge >= 0.3 is 0 Å². The van der Waals surface area contributed by atoms with Crippen molar-refractivity contribution < 1.29 is 9.59 Å². The summed E-state index contributed by atoms with van der Waals surface area (Å²) in [4.78, 5) is 27.0. The third-order valence-electron chi connectivity index (χ3n) is 4.23. The summed E-state index contributed by atoms with van der Waals surface area (Å²) in [6.45, 7) is 4.65. The highest BCUT2D eigenvalue weighted by Gasteiger charge is 2.26. The smallest absolute Gasteiger partial charge is 0.242 e. The SMILES string of the molecule is CCCNC(=O)[C@@H](C)N(Cc1ccc(Cl)cc1)C(=O)Cc1cccc(Cl)c1. The number of hydrogen-bond donors (Lipinski definition) is 1. The maximum Gasteiger partial charge on any atom is 0.242 e. The van der Waals surface area contributed by atoms with E-state index in [9.17, 15) is 9.59 Å². The molecule has 0 fully saturated rings. The van der Waals surface area contributed by atoms with Gasteiger partial charge in [-0.2, -0.15) is 0 Å². The molecule has 27 heavy (non-hydrogen) atoms. The summed E-state index contributed by atoms with van der Waals surface area (Å²) in [5.41, 5.74) is 1.73. The molecule has 0 saturated carbocycles. The molecule has 0 bridgehead atoms. The van der Waals surface area contributed by atoms with Gasteiger partial charge in [0.2, 0.25) is 11.8 Å². The number of carbonyl (C=O) groups excluding carboxylic acids is 2. The van der Waals surface area contributed by atoms with E-state index >= 15 is 0 Å². The fraction of sp³-hybridized carbons (Fsp3) is 0.333. The van der Waals surface area contributed by atoms with Crippen LogP contribution in [0.1, 0.15) is 31.4 Å². The van der Waals surface area contributed by atoms with Crippen molar-refractivity contribution in [1.29, 1.82) is 0 Å². The van der Waals surface area contributed by atoms with E-state index in [0.29, 0.717) is 23.1 Å². The van der Waals surface area contributed by atoms with Crippen LogP contribution in [0.2, 0.25) is 10.0 Å². The number of nitrogens with one attached hydrogen (secondary N) is 1. The first kappa shape index (κ1) is 21.3. The van der Waals surface area contributed by atoms with Gasteiger partial charge in [-0.25, -0.2) is 0 Å². The summed E-state index contributed by atoms with van der Waals surface area (Å²) in [5, 5.41) is 4.07. The molecule has 0 aromatic heterocycles. The van der Waals surface area contributed by atoms with E-state index in [2.05, 4.69) is 5.32 Å².